The molecule has 2 bridgehead atoms. The number of benzene rings is 1. The Bertz CT molecular complexity index is 440. The number of rotatable bonds is 4. The lowest BCUT2D eigenvalue weighted by molar-refractivity contribution is 0.195. The smallest absolute Gasteiger partial charge is 0.122 e. The van der Waals surface area contributed by atoms with E-state index < -0.39 is 0 Å². The van der Waals surface area contributed by atoms with Crippen LogP contribution in [0.15, 0.2) is 24.3 Å². The van der Waals surface area contributed by atoms with Gasteiger partial charge in [0.1, 0.15) is 11.6 Å². The highest BCUT2D eigenvalue weighted by molar-refractivity contribution is 5.94. The average Bonchev–Trinajstić information content (AvgIpc) is 2.99. The molecule has 0 aromatic heterocycles. The molecule has 3 atom stereocenters. The summed E-state index contributed by atoms with van der Waals surface area (Å²) in [6, 6.07) is 7.50. The van der Waals surface area contributed by atoms with E-state index in [1.165, 1.54) is 25.7 Å². The standard InChI is InChI=1S/C15H20N2O/c16-15(17)11-3-5-14(6-4-11)18-9-13-8-10-1-2-12(13)7-10/h3-6,10,12-13H,1-2,7-9H2,(H3,16,17). The first-order chi connectivity index (χ1) is 8.72. The molecule has 2 fully saturated rings. The molecule has 2 aliphatic carbocycles. The van der Waals surface area contributed by atoms with Crippen molar-refractivity contribution in [1.29, 1.82) is 5.41 Å². The second kappa shape index (κ2) is 4.63. The fourth-order valence-corrected chi connectivity index (χ4v) is 3.51. The molecular weight excluding hydrogens is 224 g/mol. The zero-order chi connectivity index (χ0) is 12.5. The highest BCUT2D eigenvalue weighted by atomic mass is 16.5. The van der Waals surface area contributed by atoms with Crippen molar-refractivity contribution in [3.63, 3.8) is 0 Å². The summed E-state index contributed by atoms with van der Waals surface area (Å²) < 4.78 is 5.87. The minimum Gasteiger partial charge on any atom is -0.493 e. The lowest BCUT2D eigenvalue weighted by Gasteiger charge is -2.21. The second-order valence-corrected chi connectivity index (χ2v) is 5.68. The number of hydrogen-bond donors (Lipinski definition) is 2. The maximum absolute atomic E-state index is 7.34. The van der Waals surface area contributed by atoms with Gasteiger partial charge in [0.2, 0.25) is 0 Å². The molecule has 3 unspecified atom stereocenters. The molecule has 0 amide bonds. The number of nitrogens with two attached hydrogens (primary N) is 1. The molecule has 3 N–H and O–H groups in total. The average molecular weight is 244 g/mol. The summed E-state index contributed by atoms with van der Waals surface area (Å²) >= 11 is 0. The normalized spacial score (nSPS) is 29.4. The highest BCUT2D eigenvalue weighted by Gasteiger charge is 2.39. The molecule has 1 aromatic rings. The number of hydrogen-bond acceptors (Lipinski definition) is 2. The summed E-state index contributed by atoms with van der Waals surface area (Å²) in [5.41, 5.74) is 6.17. The van der Waals surface area contributed by atoms with Crippen LogP contribution in [0.2, 0.25) is 0 Å². The zero-order valence-electron chi connectivity index (χ0n) is 10.6. The monoisotopic (exact) mass is 244 g/mol. The van der Waals surface area contributed by atoms with Gasteiger partial charge in [0.25, 0.3) is 0 Å². The van der Waals surface area contributed by atoms with E-state index in [-0.39, 0.29) is 5.84 Å². The SMILES string of the molecule is N=C(N)c1ccc(OCC2CC3CCC2C3)cc1. The Morgan fingerprint density at radius 2 is 2.00 bits per heavy atom. The zero-order valence-corrected chi connectivity index (χ0v) is 10.6. The Balaban J connectivity index is 1.55. The van der Waals surface area contributed by atoms with E-state index in [0.29, 0.717) is 0 Å². The van der Waals surface area contributed by atoms with Gasteiger partial charge in [-0.15, -0.1) is 0 Å². The van der Waals surface area contributed by atoms with E-state index in [2.05, 4.69) is 0 Å². The Morgan fingerprint density at radius 3 is 2.56 bits per heavy atom. The Morgan fingerprint density at radius 1 is 1.22 bits per heavy atom. The van der Waals surface area contributed by atoms with E-state index >= 15 is 0 Å². The molecule has 2 saturated carbocycles. The number of amidine groups is 1. The van der Waals surface area contributed by atoms with Crippen LogP contribution in [0.1, 0.15) is 31.2 Å². The van der Waals surface area contributed by atoms with E-state index in [9.17, 15) is 0 Å². The van der Waals surface area contributed by atoms with E-state index in [4.69, 9.17) is 15.9 Å². The summed E-state index contributed by atoms with van der Waals surface area (Å²) in [6.45, 7) is 0.848. The van der Waals surface area contributed by atoms with Gasteiger partial charge in [-0.1, -0.05) is 6.42 Å². The Kier molecular flexibility index (Phi) is 2.98. The van der Waals surface area contributed by atoms with Gasteiger partial charge >= 0.3 is 0 Å². The summed E-state index contributed by atoms with van der Waals surface area (Å²) in [4.78, 5) is 0. The third kappa shape index (κ3) is 2.22. The fraction of sp³-hybridized carbons (Fsp3) is 0.533. The molecule has 0 saturated heterocycles. The molecule has 3 rings (SSSR count). The third-order valence-corrected chi connectivity index (χ3v) is 4.51. The van der Waals surface area contributed by atoms with Crippen LogP contribution in [0, 0.1) is 23.2 Å². The molecule has 0 spiro atoms. The summed E-state index contributed by atoms with van der Waals surface area (Å²) in [6.07, 6.45) is 5.63. The van der Waals surface area contributed by atoms with Gasteiger partial charge in [-0.3, -0.25) is 5.41 Å². The van der Waals surface area contributed by atoms with Crippen molar-refractivity contribution in [2.75, 3.05) is 6.61 Å². The van der Waals surface area contributed by atoms with Crippen molar-refractivity contribution in [3.8, 4) is 5.75 Å². The van der Waals surface area contributed by atoms with Gasteiger partial charge in [0.15, 0.2) is 0 Å². The van der Waals surface area contributed by atoms with E-state index in [1.54, 1.807) is 0 Å². The summed E-state index contributed by atoms with van der Waals surface area (Å²) in [7, 11) is 0. The van der Waals surface area contributed by atoms with Crippen LogP contribution in [0.5, 0.6) is 5.75 Å². The van der Waals surface area contributed by atoms with Crippen LogP contribution in [-0.2, 0) is 0 Å². The molecule has 3 heteroatoms. The maximum atomic E-state index is 7.34. The molecule has 18 heavy (non-hydrogen) atoms. The molecule has 96 valence electrons. The minimum absolute atomic E-state index is 0.106. The van der Waals surface area contributed by atoms with Gasteiger partial charge in [-0.2, -0.15) is 0 Å². The number of nitrogens with one attached hydrogen (secondary N) is 1. The Labute approximate surface area is 108 Å². The predicted octanol–water partition coefficient (Wildman–Crippen LogP) is 2.79. The first-order valence-electron chi connectivity index (χ1n) is 6.79. The van der Waals surface area contributed by atoms with Crippen LogP contribution in [0.3, 0.4) is 0 Å². The van der Waals surface area contributed by atoms with Crippen molar-refractivity contribution in [3.05, 3.63) is 29.8 Å². The van der Waals surface area contributed by atoms with Crippen molar-refractivity contribution in [2.45, 2.75) is 25.7 Å². The van der Waals surface area contributed by atoms with Gasteiger partial charge in [-0.05, 0) is 61.3 Å². The van der Waals surface area contributed by atoms with Crippen molar-refractivity contribution < 1.29 is 4.74 Å². The molecule has 1 aromatic carbocycles. The van der Waals surface area contributed by atoms with Crippen molar-refractivity contribution >= 4 is 5.84 Å². The highest BCUT2D eigenvalue weighted by Crippen LogP contribution is 2.48. The molecule has 3 nitrogen and oxygen atoms in total. The molecule has 0 aliphatic heterocycles. The molecule has 0 heterocycles. The molecule has 2 aliphatic rings. The second-order valence-electron chi connectivity index (χ2n) is 5.68. The third-order valence-electron chi connectivity index (χ3n) is 4.51. The van der Waals surface area contributed by atoms with Crippen LogP contribution in [0.4, 0.5) is 0 Å². The van der Waals surface area contributed by atoms with Crippen LogP contribution >= 0.6 is 0 Å². The van der Waals surface area contributed by atoms with Gasteiger partial charge in [0.05, 0.1) is 6.61 Å². The van der Waals surface area contributed by atoms with E-state index in [0.717, 1.165) is 35.7 Å². The van der Waals surface area contributed by atoms with Crippen LogP contribution in [-0.4, -0.2) is 12.4 Å². The number of fused-ring (bicyclic) bond motifs is 2. The van der Waals surface area contributed by atoms with Gasteiger partial charge in [0, 0.05) is 5.56 Å². The van der Waals surface area contributed by atoms with Crippen molar-refractivity contribution in [2.24, 2.45) is 23.5 Å². The summed E-state index contributed by atoms with van der Waals surface area (Å²) in [5, 5.41) is 7.34. The van der Waals surface area contributed by atoms with E-state index in [1.807, 2.05) is 24.3 Å². The molecule has 0 radical (unpaired) electrons. The van der Waals surface area contributed by atoms with Crippen LogP contribution in [0.25, 0.3) is 0 Å². The van der Waals surface area contributed by atoms with Crippen LogP contribution < -0.4 is 10.5 Å². The topological polar surface area (TPSA) is 59.1 Å². The van der Waals surface area contributed by atoms with Gasteiger partial charge in [-0.25, -0.2) is 0 Å². The largest absolute Gasteiger partial charge is 0.493 e. The Hall–Kier alpha value is -1.51. The van der Waals surface area contributed by atoms with Gasteiger partial charge < -0.3 is 10.5 Å². The first-order valence-corrected chi connectivity index (χ1v) is 6.79. The summed E-state index contributed by atoms with van der Waals surface area (Å²) in [5.74, 6) is 3.64. The molecular formula is C15H20N2O. The lowest BCUT2D eigenvalue weighted by Crippen LogP contribution is -2.18. The quantitative estimate of drug-likeness (QED) is 0.632. The first kappa shape index (κ1) is 11.6. The predicted molar refractivity (Wildman–Crippen MR) is 71.9 cm³/mol. The number of ether oxygens (including phenoxy) is 1. The number of nitrogen functional groups attached to an aromatic ring is 1. The maximum Gasteiger partial charge on any atom is 0.122 e. The fourth-order valence-electron chi connectivity index (χ4n) is 3.51. The lowest BCUT2D eigenvalue weighted by atomic mass is 9.89. The minimum atomic E-state index is 0.106. The van der Waals surface area contributed by atoms with Crippen molar-refractivity contribution in [1.82, 2.24) is 0 Å².